The van der Waals surface area contributed by atoms with E-state index in [2.05, 4.69) is 15.4 Å². The number of hydrogen-bond acceptors (Lipinski definition) is 6. The van der Waals surface area contributed by atoms with Gasteiger partial charge in [0.25, 0.3) is 0 Å². The third kappa shape index (κ3) is 4.70. The number of carbonyl (C=O) groups is 1. The second kappa shape index (κ2) is 7.36. The lowest BCUT2D eigenvalue weighted by Gasteiger charge is -2.07. The number of halogens is 1. The maximum Gasteiger partial charge on any atom is 0.307 e. The topological polar surface area (TPSA) is 112 Å². The summed E-state index contributed by atoms with van der Waals surface area (Å²) in [5.41, 5.74) is -0.162. The van der Waals surface area contributed by atoms with Crippen molar-refractivity contribution < 1.29 is 14.5 Å². The molecule has 0 aliphatic rings. The van der Waals surface area contributed by atoms with Gasteiger partial charge in [0.15, 0.2) is 0 Å². The van der Waals surface area contributed by atoms with Gasteiger partial charge in [-0.1, -0.05) is 11.6 Å². The summed E-state index contributed by atoms with van der Waals surface area (Å²) >= 11 is 5.75. The molecule has 2 heterocycles. The van der Waals surface area contributed by atoms with Gasteiger partial charge in [0, 0.05) is 12.3 Å². The van der Waals surface area contributed by atoms with Gasteiger partial charge in [0.2, 0.25) is 5.91 Å². The zero-order valence-electron chi connectivity index (χ0n) is 11.3. The standard InChI is InChI=1S/C12H12ClN5O4/c13-9-3-11(6-14-4-9)22-2-1-15-12(19)8-17-7-10(5-16-17)18(20)21/h3-7H,1-2,8H2,(H,15,19). The molecule has 0 radical (unpaired) electrons. The highest BCUT2D eigenvalue weighted by atomic mass is 35.5. The Hall–Kier alpha value is -2.68. The van der Waals surface area contributed by atoms with Crippen LogP contribution in [0, 0.1) is 10.1 Å². The Morgan fingerprint density at radius 3 is 2.95 bits per heavy atom. The summed E-state index contributed by atoms with van der Waals surface area (Å²) in [6.45, 7) is 0.411. The van der Waals surface area contributed by atoms with Crippen LogP contribution in [0.3, 0.4) is 0 Å². The number of pyridine rings is 1. The highest BCUT2D eigenvalue weighted by Crippen LogP contribution is 2.14. The van der Waals surface area contributed by atoms with Gasteiger partial charge in [0.05, 0.1) is 22.7 Å². The van der Waals surface area contributed by atoms with Crippen LogP contribution in [-0.4, -0.2) is 38.7 Å². The first-order valence-electron chi connectivity index (χ1n) is 6.21. The van der Waals surface area contributed by atoms with Gasteiger partial charge in [-0.15, -0.1) is 0 Å². The second-order valence-electron chi connectivity index (χ2n) is 4.19. The van der Waals surface area contributed by atoms with Gasteiger partial charge in [0.1, 0.15) is 31.3 Å². The van der Waals surface area contributed by atoms with Crippen molar-refractivity contribution in [3.05, 3.63) is 46.0 Å². The van der Waals surface area contributed by atoms with Gasteiger partial charge in [-0.3, -0.25) is 24.6 Å². The number of ether oxygens (including phenoxy) is 1. The Kier molecular flexibility index (Phi) is 5.26. The molecule has 1 N–H and O–H groups in total. The van der Waals surface area contributed by atoms with E-state index in [0.717, 1.165) is 6.20 Å². The number of hydrogen-bond donors (Lipinski definition) is 1. The molecule has 10 heteroatoms. The summed E-state index contributed by atoms with van der Waals surface area (Å²) in [6.07, 6.45) is 5.27. The first-order chi connectivity index (χ1) is 10.5. The average molecular weight is 326 g/mol. The molecule has 1 amide bonds. The molecular formula is C12H12ClN5O4. The van der Waals surface area contributed by atoms with Gasteiger partial charge in [-0.2, -0.15) is 5.10 Å². The molecule has 2 rings (SSSR count). The molecule has 0 spiro atoms. The molecule has 0 unspecified atom stereocenters. The van der Waals surface area contributed by atoms with Crippen molar-refractivity contribution in [2.45, 2.75) is 6.54 Å². The second-order valence-corrected chi connectivity index (χ2v) is 4.63. The van der Waals surface area contributed by atoms with Gasteiger partial charge >= 0.3 is 5.69 Å². The Bertz CT molecular complexity index is 675. The van der Waals surface area contributed by atoms with E-state index in [1.807, 2.05) is 0 Å². The summed E-state index contributed by atoms with van der Waals surface area (Å²) < 4.78 is 6.54. The predicted octanol–water partition coefficient (Wildman–Crippen LogP) is 1.03. The van der Waals surface area contributed by atoms with Gasteiger partial charge < -0.3 is 10.1 Å². The Morgan fingerprint density at radius 2 is 2.27 bits per heavy atom. The van der Waals surface area contributed by atoms with E-state index < -0.39 is 4.92 Å². The maximum absolute atomic E-state index is 11.6. The van der Waals surface area contributed by atoms with Crippen molar-refractivity contribution in [2.75, 3.05) is 13.2 Å². The molecule has 0 saturated carbocycles. The molecule has 0 aliphatic heterocycles. The van der Waals surface area contributed by atoms with Crippen molar-refractivity contribution in [3.8, 4) is 5.75 Å². The lowest BCUT2D eigenvalue weighted by molar-refractivity contribution is -0.385. The van der Waals surface area contributed by atoms with Crippen LogP contribution in [-0.2, 0) is 11.3 Å². The molecule has 2 aromatic heterocycles. The number of rotatable bonds is 7. The van der Waals surface area contributed by atoms with Crippen LogP contribution >= 0.6 is 11.6 Å². The molecule has 0 saturated heterocycles. The van der Waals surface area contributed by atoms with E-state index in [-0.39, 0.29) is 31.3 Å². The van der Waals surface area contributed by atoms with E-state index in [1.165, 1.54) is 23.3 Å². The van der Waals surface area contributed by atoms with E-state index in [0.29, 0.717) is 10.8 Å². The first-order valence-corrected chi connectivity index (χ1v) is 6.59. The lowest BCUT2D eigenvalue weighted by Crippen LogP contribution is -2.31. The third-order valence-electron chi connectivity index (χ3n) is 2.51. The molecule has 0 aliphatic carbocycles. The molecular weight excluding hydrogens is 314 g/mol. The van der Waals surface area contributed by atoms with E-state index in [4.69, 9.17) is 16.3 Å². The number of carbonyl (C=O) groups excluding carboxylic acids is 1. The van der Waals surface area contributed by atoms with Crippen molar-refractivity contribution in [1.82, 2.24) is 20.1 Å². The smallest absolute Gasteiger partial charge is 0.307 e. The normalized spacial score (nSPS) is 10.2. The summed E-state index contributed by atoms with van der Waals surface area (Å²) in [5.74, 6) is 0.176. The van der Waals surface area contributed by atoms with E-state index in [1.54, 1.807) is 6.07 Å². The van der Waals surface area contributed by atoms with Crippen LogP contribution in [0.25, 0.3) is 0 Å². The molecule has 9 nitrogen and oxygen atoms in total. The fourth-order valence-corrected chi connectivity index (χ4v) is 1.73. The average Bonchev–Trinajstić information content (AvgIpc) is 2.92. The molecule has 0 aromatic carbocycles. The minimum absolute atomic E-state index is 0.105. The number of nitro groups is 1. The first kappa shape index (κ1) is 15.7. The van der Waals surface area contributed by atoms with Crippen molar-refractivity contribution in [3.63, 3.8) is 0 Å². The minimum Gasteiger partial charge on any atom is -0.490 e. The van der Waals surface area contributed by atoms with Crippen LogP contribution < -0.4 is 10.1 Å². The van der Waals surface area contributed by atoms with Gasteiger partial charge in [-0.25, -0.2) is 0 Å². The minimum atomic E-state index is -0.575. The molecule has 0 atom stereocenters. The maximum atomic E-state index is 11.6. The Labute approximate surface area is 130 Å². The Morgan fingerprint density at radius 1 is 1.45 bits per heavy atom. The quantitative estimate of drug-likeness (QED) is 0.462. The summed E-state index contributed by atoms with van der Waals surface area (Å²) in [7, 11) is 0. The summed E-state index contributed by atoms with van der Waals surface area (Å²) in [4.78, 5) is 25.4. The molecule has 0 bridgehead atoms. The van der Waals surface area contributed by atoms with Crippen LogP contribution in [0.2, 0.25) is 5.02 Å². The molecule has 0 fully saturated rings. The summed E-state index contributed by atoms with van der Waals surface area (Å²) in [6, 6.07) is 1.61. The third-order valence-corrected chi connectivity index (χ3v) is 2.72. The zero-order valence-corrected chi connectivity index (χ0v) is 12.1. The SMILES string of the molecule is O=C(Cn1cc([N+](=O)[O-])cn1)NCCOc1cncc(Cl)c1. The van der Waals surface area contributed by atoms with E-state index in [9.17, 15) is 14.9 Å². The highest BCUT2D eigenvalue weighted by molar-refractivity contribution is 6.30. The van der Waals surface area contributed by atoms with Crippen LogP contribution in [0.15, 0.2) is 30.9 Å². The largest absolute Gasteiger partial charge is 0.490 e. The van der Waals surface area contributed by atoms with Crippen molar-refractivity contribution in [1.29, 1.82) is 0 Å². The van der Waals surface area contributed by atoms with Crippen LogP contribution in [0.4, 0.5) is 5.69 Å². The van der Waals surface area contributed by atoms with Crippen molar-refractivity contribution >= 4 is 23.2 Å². The van der Waals surface area contributed by atoms with Crippen LogP contribution in [0.1, 0.15) is 0 Å². The Balaban J connectivity index is 1.70. The number of nitrogens with zero attached hydrogens (tertiary/aromatic N) is 4. The zero-order chi connectivity index (χ0) is 15.9. The van der Waals surface area contributed by atoms with Crippen molar-refractivity contribution in [2.24, 2.45) is 0 Å². The summed E-state index contributed by atoms with van der Waals surface area (Å²) in [5, 5.41) is 17.3. The monoisotopic (exact) mass is 325 g/mol. The van der Waals surface area contributed by atoms with E-state index >= 15 is 0 Å². The molecule has 2 aromatic rings. The number of aromatic nitrogens is 3. The lowest BCUT2D eigenvalue weighted by atomic mass is 10.4. The fourth-order valence-electron chi connectivity index (χ4n) is 1.57. The molecule has 22 heavy (non-hydrogen) atoms. The van der Waals surface area contributed by atoms with Gasteiger partial charge in [-0.05, 0) is 0 Å². The highest BCUT2D eigenvalue weighted by Gasteiger charge is 2.10. The number of amides is 1. The van der Waals surface area contributed by atoms with Crippen LogP contribution in [0.5, 0.6) is 5.75 Å². The fraction of sp³-hybridized carbons (Fsp3) is 0.250. The number of nitrogens with one attached hydrogen (secondary N) is 1. The molecule has 116 valence electrons. The predicted molar refractivity (Wildman–Crippen MR) is 76.6 cm³/mol.